The van der Waals surface area contributed by atoms with Crippen molar-refractivity contribution < 1.29 is 14.0 Å². The Morgan fingerprint density at radius 2 is 1.70 bits per heavy atom. The minimum Gasteiger partial charge on any atom is -0.316 e. The van der Waals surface area contributed by atoms with Crippen molar-refractivity contribution in [1.29, 1.82) is 0 Å². The van der Waals surface area contributed by atoms with E-state index in [4.69, 9.17) is 0 Å². The maximum atomic E-state index is 13.7. The average Bonchev–Trinajstić information content (AvgIpc) is 3.33. The molecule has 1 aliphatic carbocycles. The summed E-state index contributed by atoms with van der Waals surface area (Å²) < 4.78 is 13.7. The van der Waals surface area contributed by atoms with Crippen LogP contribution in [0.4, 0.5) is 9.18 Å². The van der Waals surface area contributed by atoms with Crippen LogP contribution in [-0.4, -0.2) is 11.9 Å². The fraction of sp³-hybridized carbons (Fsp3) is 0.222. The Bertz CT molecular complexity index is 816. The van der Waals surface area contributed by atoms with Crippen LogP contribution >= 0.6 is 0 Å². The van der Waals surface area contributed by atoms with Crippen LogP contribution in [0.2, 0.25) is 0 Å². The summed E-state index contributed by atoms with van der Waals surface area (Å²) in [6, 6.07) is 12.8. The quantitative estimate of drug-likeness (QED) is 0.857. The number of nitrogens with one attached hydrogen (secondary N) is 2. The van der Waals surface area contributed by atoms with Gasteiger partial charge in [-0.1, -0.05) is 36.4 Å². The molecule has 3 amide bonds. The zero-order chi connectivity index (χ0) is 16.0. The van der Waals surface area contributed by atoms with Gasteiger partial charge in [0, 0.05) is 0 Å². The van der Waals surface area contributed by atoms with Gasteiger partial charge in [-0.15, -0.1) is 0 Å². The third-order valence-electron chi connectivity index (χ3n) is 4.49. The van der Waals surface area contributed by atoms with Crippen molar-refractivity contribution in [3.8, 4) is 0 Å². The molecular weight excluding hydrogens is 295 g/mol. The first-order valence-electron chi connectivity index (χ1n) is 7.60. The third kappa shape index (κ3) is 2.20. The molecule has 1 heterocycles. The molecule has 23 heavy (non-hydrogen) atoms. The summed E-state index contributed by atoms with van der Waals surface area (Å²) >= 11 is 0. The van der Waals surface area contributed by atoms with E-state index in [1.165, 1.54) is 18.2 Å². The Hall–Kier alpha value is -2.69. The van der Waals surface area contributed by atoms with E-state index >= 15 is 0 Å². The van der Waals surface area contributed by atoms with Crippen LogP contribution in [-0.2, 0) is 10.3 Å². The highest BCUT2D eigenvalue weighted by Gasteiger charge is 2.49. The maximum absolute atomic E-state index is 13.7. The second-order valence-electron chi connectivity index (χ2n) is 6.07. The fourth-order valence-corrected chi connectivity index (χ4v) is 3.19. The topological polar surface area (TPSA) is 58.2 Å². The number of hydrogen-bond acceptors (Lipinski definition) is 2. The van der Waals surface area contributed by atoms with Crippen molar-refractivity contribution >= 4 is 11.9 Å². The maximum Gasteiger partial charge on any atom is 0.322 e. The van der Waals surface area contributed by atoms with Crippen LogP contribution in [0.15, 0.2) is 48.5 Å². The number of carbonyl (C=O) groups excluding carboxylic acids is 2. The van der Waals surface area contributed by atoms with Gasteiger partial charge in [-0.3, -0.25) is 10.1 Å². The molecule has 5 heteroatoms. The lowest BCUT2D eigenvalue weighted by Gasteiger charge is -2.27. The van der Waals surface area contributed by atoms with Crippen LogP contribution in [0.3, 0.4) is 0 Å². The lowest BCUT2D eigenvalue weighted by atomic mass is 9.82. The lowest BCUT2D eigenvalue weighted by Crippen LogP contribution is -2.45. The van der Waals surface area contributed by atoms with E-state index in [-0.39, 0.29) is 0 Å². The van der Waals surface area contributed by atoms with Crippen LogP contribution in [0.25, 0.3) is 0 Å². The Labute approximate surface area is 132 Å². The molecule has 2 aromatic rings. The normalized spacial score (nSPS) is 23.5. The first kappa shape index (κ1) is 13.9. The highest BCUT2D eigenvalue weighted by molar-refractivity contribution is 6.09. The van der Waals surface area contributed by atoms with Gasteiger partial charge in [-0.05, 0) is 47.6 Å². The number of rotatable bonds is 3. The van der Waals surface area contributed by atoms with Crippen LogP contribution in [0.1, 0.15) is 35.4 Å². The van der Waals surface area contributed by atoms with E-state index < -0.39 is 23.3 Å². The highest BCUT2D eigenvalue weighted by atomic mass is 19.1. The van der Waals surface area contributed by atoms with Crippen molar-refractivity contribution in [2.75, 3.05) is 0 Å². The summed E-state index contributed by atoms with van der Waals surface area (Å²) in [7, 11) is 0. The fourth-order valence-electron chi connectivity index (χ4n) is 3.19. The van der Waals surface area contributed by atoms with Gasteiger partial charge >= 0.3 is 6.03 Å². The van der Waals surface area contributed by atoms with Crippen molar-refractivity contribution in [2.45, 2.75) is 24.3 Å². The Morgan fingerprint density at radius 3 is 2.30 bits per heavy atom. The van der Waals surface area contributed by atoms with Gasteiger partial charge in [0.15, 0.2) is 5.54 Å². The Kier molecular flexibility index (Phi) is 2.98. The molecule has 2 N–H and O–H groups in total. The molecule has 1 atom stereocenters. The molecule has 1 saturated carbocycles. The predicted molar refractivity (Wildman–Crippen MR) is 82.3 cm³/mol. The summed E-state index contributed by atoms with van der Waals surface area (Å²) in [5.41, 5.74) is 0.821. The van der Waals surface area contributed by atoms with Gasteiger partial charge in [-0.2, -0.15) is 0 Å². The van der Waals surface area contributed by atoms with Crippen LogP contribution in [0.5, 0.6) is 0 Å². The number of hydrogen-bond donors (Lipinski definition) is 2. The molecule has 2 aromatic carbocycles. The molecule has 1 unspecified atom stereocenters. The average molecular weight is 310 g/mol. The number of benzene rings is 2. The largest absolute Gasteiger partial charge is 0.322 e. The summed E-state index contributed by atoms with van der Waals surface area (Å²) in [6.45, 7) is 0. The Balaban J connectivity index is 1.91. The third-order valence-corrected chi connectivity index (χ3v) is 4.49. The molecule has 4 nitrogen and oxygen atoms in total. The molecule has 2 fully saturated rings. The van der Waals surface area contributed by atoms with Crippen LogP contribution in [0, 0.1) is 5.82 Å². The molecule has 1 aliphatic heterocycles. The second kappa shape index (κ2) is 4.91. The molecule has 116 valence electrons. The zero-order valence-corrected chi connectivity index (χ0v) is 12.3. The van der Waals surface area contributed by atoms with Crippen molar-refractivity contribution in [3.63, 3.8) is 0 Å². The van der Waals surface area contributed by atoms with Gasteiger partial charge in [-0.25, -0.2) is 9.18 Å². The minimum atomic E-state index is -1.38. The summed E-state index contributed by atoms with van der Waals surface area (Å²) in [6.07, 6.45) is 2.27. The second-order valence-corrected chi connectivity index (χ2v) is 6.07. The minimum absolute atomic E-state index is 0.411. The molecular formula is C18H15FN2O2. The number of imide groups is 1. The first-order chi connectivity index (χ1) is 11.1. The molecule has 0 bridgehead atoms. The van der Waals surface area contributed by atoms with E-state index in [2.05, 4.69) is 10.6 Å². The molecule has 0 spiro atoms. The molecule has 0 radical (unpaired) electrons. The predicted octanol–water partition coefficient (Wildman–Crippen LogP) is 2.79. The van der Waals surface area contributed by atoms with E-state index in [0.29, 0.717) is 17.0 Å². The molecule has 4 rings (SSSR count). The molecule has 2 aliphatic rings. The van der Waals surface area contributed by atoms with Crippen molar-refractivity contribution in [1.82, 2.24) is 10.6 Å². The SMILES string of the molecule is O=C1NC(=O)C(c2cccc(F)c2)(c2cccc(C3CC3)c2)N1. The first-order valence-corrected chi connectivity index (χ1v) is 7.60. The highest BCUT2D eigenvalue weighted by Crippen LogP contribution is 2.42. The summed E-state index contributed by atoms with van der Waals surface area (Å²) in [5.74, 6) is -0.421. The summed E-state index contributed by atoms with van der Waals surface area (Å²) in [5, 5.41) is 4.97. The van der Waals surface area contributed by atoms with Gasteiger partial charge in [0.05, 0.1) is 0 Å². The van der Waals surface area contributed by atoms with E-state index in [0.717, 1.165) is 18.4 Å². The van der Waals surface area contributed by atoms with Gasteiger partial charge in [0.25, 0.3) is 5.91 Å². The van der Waals surface area contributed by atoms with Gasteiger partial charge < -0.3 is 5.32 Å². The van der Waals surface area contributed by atoms with Crippen LogP contribution < -0.4 is 10.6 Å². The number of urea groups is 1. The number of halogens is 1. The summed E-state index contributed by atoms with van der Waals surface area (Å²) in [4.78, 5) is 24.4. The standard InChI is InChI=1S/C18H15FN2O2/c19-15-6-2-5-14(10-15)18(16(22)20-17(23)21-18)13-4-1-3-12(9-13)11-7-8-11/h1-6,9-11H,7-8H2,(H2,20,21,22,23). The lowest BCUT2D eigenvalue weighted by molar-refractivity contribution is -0.122. The van der Waals surface area contributed by atoms with Crippen molar-refractivity contribution in [2.24, 2.45) is 0 Å². The van der Waals surface area contributed by atoms with Gasteiger partial charge in [0.1, 0.15) is 5.82 Å². The monoisotopic (exact) mass is 310 g/mol. The zero-order valence-electron chi connectivity index (χ0n) is 12.3. The number of carbonyl (C=O) groups is 2. The number of amides is 3. The van der Waals surface area contributed by atoms with Gasteiger partial charge in [0.2, 0.25) is 0 Å². The van der Waals surface area contributed by atoms with Crippen molar-refractivity contribution in [3.05, 3.63) is 71.0 Å². The Morgan fingerprint density at radius 1 is 1.00 bits per heavy atom. The molecule has 1 saturated heterocycles. The smallest absolute Gasteiger partial charge is 0.316 e. The molecule has 0 aromatic heterocycles. The van der Waals surface area contributed by atoms with E-state index in [1.807, 2.05) is 18.2 Å². The van der Waals surface area contributed by atoms with E-state index in [1.54, 1.807) is 12.1 Å². The van der Waals surface area contributed by atoms with E-state index in [9.17, 15) is 14.0 Å².